The average molecular weight is 1000 g/mol. The van der Waals surface area contributed by atoms with Crippen LogP contribution in [-0.4, -0.2) is 4.57 Å². The number of hydrogen-bond donors (Lipinski definition) is 0. The van der Waals surface area contributed by atoms with Gasteiger partial charge in [0.15, 0.2) is 0 Å². The Morgan fingerprint density at radius 3 is 1.59 bits per heavy atom. The van der Waals surface area contributed by atoms with Crippen molar-refractivity contribution in [2.45, 2.75) is 5.41 Å². The maximum atomic E-state index is 2.59. The molecule has 0 N–H and O–H groups in total. The Labute approximate surface area is 459 Å². The zero-order chi connectivity index (χ0) is 51.8. The molecule has 0 bridgehead atoms. The molecule has 0 amide bonds. The summed E-state index contributed by atoms with van der Waals surface area (Å²) >= 11 is 0. The van der Waals surface area contributed by atoms with E-state index in [0.717, 1.165) is 28.2 Å². The summed E-state index contributed by atoms with van der Waals surface area (Å²) in [5.41, 5.74) is 29.4. The molecule has 0 fully saturated rings. The Bertz CT molecular complexity index is 4790. The van der Waals surface area contributed by atoms with Crippen molar-refractivity contribution in [1.29, 1.82) is 0 Å². The van der Waals surface area contributed by atoms with Gasteiger partial charge in [-0.3, -0.25) is 0 Å². The summed E-state index contributed by atoms with van der Waals surface area (Å²) in [4.78, 5) is 2.43. The molecule has 79 heavy (non-hydrogen) atoms. The molecule has 2 heterocycles. The van der Waals surface area contributed by atoms with Crippen molar-refractivity contribution >= 4 is 49.6 Å². The van der Waals surface area contributed by atoms with E-state index in [0.29, 0.717) is 0 Å². The Balaban J connectivity index is 0.794. The molecule has 3 aliphatic rings. The lowest BCUT2D eigenvalue weighted by atomic mass is 9.70. The smallest absolute Gasteiger partial charge is 0.0726 e. The minimum absolute atomic E-state index is 0.420. The van der Waals surface area contributed by atoms with Crippen LogP contribution in [0.1, 0.15) is 22.3 Å². The number of anilines is 3. The van der Waals surface area contributed by atoms with E-state index in [2.05, 4.69) is 301 Å². The summed E-state index contributed by atoms with van der Waals surface area (Å²) < 4.78 is 2.59. The highest BCUT2D eigenvalue weighted by Gasteiger charge is 2.53. The Kier molecular flexibility index (Phi) is 9.37. The van der Waals surface area contributed by atoms with E-state index in [4.69, 9.17) is 0 Å². The van der Waals surface area contributed by atoms with Gasteiger partial charge in [-0.25, -0.2) is 0 Å². The third kappa shape index (κ3) is 6.23. The molecule has 0 saturated heterocycles. The van der Waals surface area contributed by atoms with Crippen LogP contribution in [0.3, 0.4) is 0 Å². The SMILES string of the molecule is c1ccc(-c2ccccc2N(c2cccc(-c3ccc(-c4ccc5c(c4)-n4c6ccccc6c6ccc7c(c64)-c4c-5cccc4C74c5ccccc5-c5ccccc54)cc3)c2)c2cccc(-c3cccc4ccccc34)c2)cc1. The molecule has 1 spiro atoms. The number of rotatable bonds is 7. The zero-order valence-electron chi connectivity index (χ0n) is 43.1. The van der Waals surface area contributed by atoms with Crippen molar-refractivity contribution in [2.75, 3.05) is 4.90 Å². The number of fused-ring (bicyclic) bond motifs is 14. The topological polar surface area (TPSA) is 8.17 Å². The van der Waals surface area contributed by atoms with Gasteiger partial charge in [-0.15, -0.1) is 0 Å². The highest BCUT2D eigenvalue weighted by molar-refractivity contribution is 6.20. The van der Waals surface area contributed by atoms with Gasteiger partial charge in [0.25, 0.3) is 0 Å². The first-order valence-electron chi connectivity index (χ1n) is 27.5. The van der Waals surface area contributed by atoms with E-state index in [1.807, 2.05) is 0 Å². The molecule has 13 aromatic carbocycles. The Morgan fingerprint density at radius 2 is 0.810 bits per heavy atom. The lowest BCUT2D eigenvalue weighted by molar-refractivity contribution is 0.794. The average Bonchev–Trinajstić information content (AvgIpc) is 1.88. The van der Waals surface area contributed by atoms with Crippen molar-refractivity contribution in [1.82, 2.24) is 4.57 Å². The molecular formula is C77H48N2. The monoisotopic (exact) mass is 1000 g/mol. The Morgan fingerprint density at radius 1 is 0.278 bits per heavy atom. The third-order valence-electron chi connectivity index (χ3n) is 17.5. The highest BCUT2D eigenvalue weighted by atomic mass is 15.1. The van der Waals surface area contributed by atoms with Crippen molar-refractivity contribution in [3.05, 3.63) is 313 Å². The van der Waals surface area contributed by atoms with Crippen molar-refractivity contribution in [2.24, 2.45) is 0 Å². The van der Waals surface area contributed by atoms with Gasteiger partial charge < -0.3 is 9.47 Å². The van der Waals surface area contributed by atoms with Crippen LogP contribution in [0.2, 0.25) is 0 Å². The second kappa shape index (κ2) is 16.9. The molecule has 0 radical (unpaired) electrons. The minimum Gasteiger partial charge on any atom is -0.310 e. The summed E-state index contributed by atoms with van der Waals surface area (Å²) in [5.74, 6) is 0. The quantitative estimate of drug-likeness (QED) is 0.154. The lowest BCUT2D eigenvalue weighted by Gasteiger charge is -2.31. The molecule has 0 atom stereocenters. The minimum atomic E-state index is -0.420. The second-order valence-corrected chi connectivity index (χ2v) is 21.5. The number of aromatic nitrogens is 1. The summed E-state index contributed by atoms with van der Waals surface area (Å²) in [5, 5.41) is 5.04. The van der Waals surface area contributed by atoms with Crippen molar-refractivity contribution < 1.29 is 0 Å². The Hall–Kier alpha value is -10.3. The lowest BCUT2D eigenvalue weighted by Crippen LogP contribution is -2.25. The van der Waals surface area contributed by atoms with Crippen molar-refractivity contribution in [3.63, 3.8) is 0 Å². The summed E-state index contributed by atoms with van der Waals surface area (Å²) in [6.45, 7) is 0. The summed E-state index contributed by atoms with van der Waals surface area (Å²) in [7, 11) is 0. The number of hydrogen-bond acceptors (Lipinski definition) is 1. The molecule has 14 aromatic rings. The molecule has 0 unspecified atom stereocenters. The summed E-state index contributed by atoms with van der Waals surface area (Å²) in [6.07, 6.45) is 0. The predicted octanol–water partition coefficient (Wildman–Crippen LogP) is 20.4. The molecule has 2 aliphatic carbocycles. The van der Waals surface area contributed by atoms with Crippen LogP contribution in [0, 0.1) is 0 Å². The van der Waals surface area contributed by atoms with Gasteiger partial charge in [0.2, 0.25) is 0 Å². The molecular weight excluding hydrogens is 953 g/mol. The highest BCUT2D eigenvalue weighted by Crippen LogP contribution is 2.66. The predicted molar refractivity (Wildman–Crippen MR) is 330 cm³/mol. The third-order valence-corrected chi connectivity index (χ3v) is 17.5. The van der Waals surface area contributed by atoms with Gasteiger partial charge in [-0.05, 0) is 137 Å². The standard InChI is InChI=1S/C77H48N2/c1-2-18-52(19-3-1)60-27-8-12-36-71(60)78(57-25-15-23-55(47-57)59-31-16-21-51-20-4-5-26-58(51)59)56-24-14-22-53(46-56)49-38-40-50(41-39-49)54-42-43-64-65-32-17-35-69-74(65)75-70(77(69)67-33-10-6-28-61(67)62-29-7-11-34-68(62)77)45-44-66-63-30-9-13-37-72(63)79(76(66)75)73(64)48-54/h1-48H. The van der Waals surface area contributed by atoms with Gasteiger partial charge in [0, 0.05) is 38.8 Å². The van der Waals surface area contributed by atoms with Crippen LogP contribution in [0.25, 0.3) is 116 Å². The van der Waals surface area contributed by atoms with E-state index in [-0.39, 0.29) is 0 Å². The first-order chi connectivity index (χ1) is 39.2. The molecule has 2 nitrogen and oxygen atoms in total. The normalized spacial score (nSPS) is 12.9. The first kappa shape index (κ1) is 43.9. The zero-order valence-corrected chi connectivity index (χ0v) is 43.1. The fourth-order valence-corrected chi connectivity index (χ4v) is 14.2. The van der Waals surface area contributed by atoms with Crippen LogP contribution >= 0.6 is 0 Å². The van der Waals surface area contributed by atoms with Gasteiger partial charge in [0.05, 0.1) is 27.8 Å². The second-order valence-electron chi connectivity index (χ2n) is 21.5. The fraction of sp³-hybridized carbons (Fsp3) is 0.0130. The molecule has 366 valence electrons. The maximum Gasteiger partial charge on any atom is 0.0726 e. The fourth-order valence-electron chi connectivity index (χ4n) is 14.2. The largest absolute Gasteiger partial charge is 0.310 e. The number of nitrogens with zero attached hydrogens (tertiary/aromatic N) is 2. The molecule has 1 aromatic heterocycles. The van der Waals surface area contributed by atoms with E-state index >= 15 is 0 Å². The van der Waals surface area contributed by atoms with Crippen molar-refractivity contribution in [3.8, 4) is 83.6 Å². The molecule has 17 rings (SSSR count). The van der Waals surface area contributed by atoms with Crippen LogP contribution < -0.4 is 4.90 Å². The molecule has 2 heteroatoms. The van der Waals surface area contributed by atoms with Gasteiger partial charge in [-0.2, -0.15) is 0 Å². The molecule has 0 saturated carbocycles. The molecule has 1 aliphatic heterocycles. The van der Waals surface area contributed by atoms with Crippen LogP contribution in [0.4, 0.5) is 17.1 Å². The van der Waals surface area contributed by atoms with Crippen LogP contribution in [0.15, 0.2) is 291 Å². The van der Waals surface area contributed by atoms with Gasteiger partial charge in [0.1, 0.15) is 0 Å². The van der Waals surface area contributed by atoms with Crippen LogP contribution in [0.5, 0.6) is 0 Å². The number of benzene rings is 13. The van der Waals surface area contributed by atoms with E-state index in [1.54, 1.807) is 0 Å². The summed E-state index contributed by atoms with van der Waals surface area (Å²) in [6, 6.07) is 108. The first-order valence-corrected chi connectivity index (χ1v) is 27.5. The number of para-hydroxylation sites is 2. The van der Waals surface area contributed by atoms with Gasteiger partial charge in [-0.1, -0.05) is 249 Å². The van der Waals surface area contributed by atoms with Gasteiger partial charge >= 0.3 is 0 Å². The van der Waals surface area contributed by atoms with E-state index in [1.165, 1.54) is 127 Å². The van der Waals surface area contributed by atoms with Crippen LogP contribution in [-0.2, 0) is 5.41 Å². The van der Waals surface area contributed by atoms with E-state index in [9.17, 15) is 0 Å². The van der Waals surface area contributed by atoms with E-state index < -0.39 is 5.41 Å². The maximum absolute atomic E-state index is 2.59.